The summed E-state index contributed by atoms with van der Waals surface area (Å²) in [6.07, 6.45) is 7.76. The molecule has 35 heavy (non-hydrogen) atoms. The smallest absolute Gasteiger partial charge is 0.302 e. The van der Waals surface area contributed by atoms with Crippen LogP contribution in [-0.4, -0.2) is 58.1 Å². The van der Waals surface area contributed by atoms with E-state index >= 15 is 0 Å². The number of likely N-dealkylation sites (tertiary alicyclic amines) is 1. The number of methoxy groups -OCH3 is 1. The van der Waals surface area contributed by atoms with Gasteiger partial charge in [0.2, 0.25) is 5.88 Å². The predicted octanol–water partition coefficient (Wildman–Crippen LogP) is 5.05. The van der Waals surface area contributed by atoms with Gasteiger partial charge in [-0.25, -0.2) is 14.8 Å². The standard InChI is InChI=1S/C27H28N6O2/c1-18-14-21(15-30-26(18)34-4)23-24(20-7-9-22(28-2)10-8-20)31-27(33-13-11-29-25(23)33)35-17-19-6-5-12-32(3)16-19/h7-11,13-15,19H,5-6,12,16-17H2,1,3-4H3/t19-/m1/s1. The van der Waals surface area contributed by atoms with Crippen LogP contribution in [0.25, 0.3) is 32.9 Å². The third kappa shape index (κ3) is 4.55. The summed E-state index contributed by atoms with van der Waals surface area (Å²) in [6.45, 7) is 12.0. The van der Waals surface area contributed by atoms with E-state index < -0.39 is 0 Å². The molecule has 1 aliphatic rings. The summed E-state index contributed by atoms with van der Waals surface area (Å²) in [5, 5.41) is 0. The van der Waals surface area contributed by atoms with Crippen LogP contribution in [0.3, 0.4) is 0 Å². The lowest BCUT2D eigenvalue weighted by molar-refractivity contribution is 0.143. The maximum absolute atomic E-state index is 7.30. The second-order valence-corrected chi connectivity index (χ2v) is 9.03. The van der Waals surface area contributed by atoms with Gasteiger partial charge < -0.3 is 14.4 Å². The lowest BCUT2D eigenvalue weighted by Gasteiger charge is -2.29. The molecule has 8 heteroatoms. The highest BCUT2D eigenvalue weighted by Gasteiger charge is 2.22. The largest absolute Gasteiger partial charge is 0.481 e. The van der Waals surface area contributed by atoms with E-state index in [-0.39, 0.29) is 0 Å². The maximum atomic E-state index is 7.30. The van der Waals surface area contributed by atoms with Gasteiger partial charge in [-0.05, 0) is 45.0 Å². The van der Waals surface area contributed by atoms with Crippen molar-refractivity contribution in [2.45, 2.75) is 19.8 Å². The van der Waals surface area contributed by atoms with Crippen molar-refractivity contribution in [3.8, 4) is 34.3 Å². The molecule has 8 nitrogen and oxygen atoms in total. The number of hydrogen-bond acceptors (Lipinski definition) is 6. The third-order valence-electron chi connectivity index (χ3n) is 6.47. The van der Waals surface area contributed by atoms with Crippen LogP contribution in [0.15, 0.2) is 48.9 Å². The molecule has 4 aromatic rings. The van der Waals surface area contributed by atoms with Crippen molar-refractivity contribution >= 4 is 11.3 Å². The van der Waals surface area contributed by atoms with Crippen LogP contribution in [0.5, 0.6) is 11.9 Å². The molecule has 1 fully saturated rings. The Labute approximate surface area is 205 Å². The first-order chi connectivity index (χ1) is 17.1. The number of fused-ring (bicyclic) bond motifs is 1. The van der Waals surface area contributed by atoms with Crippen molar-refractivity contribution in [2.75, 3.05) is 33.9 Å². The Morgan fingerprint density at radius 2 is 2.00 bits per heavy atom. The number of benzene rings is 1. The van der Waals surface area contributed by atoms with E-state index in [2.05, 4.69) is 26.8 Å². The molecule has 0 amide bonds. The number of rotatable bonds is 6. The van der Waals surface area contributed by atoms with Crippen molar-refractivity contribution in [1.82, 2.24) is 24.3 Å². The molecule has 1 aliphatic heterocycles. The highest BCUT2D eigenvalue weighted by atomic mass is 16.5. The van der Waals surface area contributed by atoms with E-state index in [1.165, 1.54) is 6.42 Å². The van der Waals surface area contributed by atoms with E-state index in [1.54, 1.807) is 31.6 Å². The van der Waals surface area contributed by atoms with Crippen molar-refractivity contribution in [1.29, 1.82) is 0 Å². The Morgan fingerprint density at radius 3 is 2.71 bits per heavy atom. The number of aryl methyl sites for hydroxylation is 1. The summed E-state index contributed by atoms with van der Waals surface area (Å²) in [5.41, 5.74) is 5.61. The summed E-state index contributed by atoms with van der Waals surface area (Å²) in [6, 6.07) is 9.99. The van der Waals surface area contributed by atoms with Gasteiger partial charge >= 0.3 is 6.01 Å². The van der Waals surface area contributed by atoms with Crippen LogP contribution in [0, 0.1) is 19.4 Å². The molecule has 0 N–H and O–H groups in total. The zero-order valence-corrected chi connectivity index (χ0v) is 20.2. The molecule has 1 saturated heterocycles. The molecular formula is C27H28N6O2. The molecule has 0 radical (unpaired) electrons. The zero-order valence-electron chi connectivity index (χ0n) is 20.2. The van der Waals surface area contributed by atoms with E-state index in [4.69, 9.17) is 21.0 Å². The Balaban J connectivity index is 1.63. The number of pyridine rings is 1. The SMILES string of the molecule is [C-]#[N+]c1ccc(-c2nc(OC[C@@H]3CCCN(C)C3)n3ccnc3c2-c2cnc(OC)c(C)c2)cc1. The first-order valence-electron chi connectivity index (χ1n) is 11.7. The normalized spacial score (nSPS) is 16.2. The molecule has 0 aliphatic carbocycles. The first-order valence-corrected chi connectivity index (χ1v) is 11.7. The minimum absolute atomic E-state index is 0.462. The van der Waals surface area contributed by atoms with E-state index in [1.807, 2.05) is 35.7 Å². The second-order valence-electron chi connectivity index (χ2n) is 9.03. The Hall–Kier alpha value is -3.96. The van der Waals surface area contributed by atoms with Crippen molar-refractivity contribution in [2.24, 2.45) is 5.92 Å². The Bertz CT molecular complexity index is 1390. The number of aromatic nitrogens is 4. The van der Waals surface area contributed by atoms with Gasteiger partial charge in [-0.15, -0.1) is 0 Å². The van der Waals surface area contributed by atoms with Crippen LogP contribution in [0.2, 0.25) is 0 Å². The summed E-state index contributed by atoms with van der Waals surface area (Å²) < 4.78 is 13.6. The quantitative estimate of drug-likeness (QED) is 0.369. The summed E-state index contributed by atoms with van der Waals surface area (Å²) in [4.78, 5) is 20.0. The fraction of sp³-hybridized carbons (Fsp3) is 0.333. The summed E-state index contributed by atoms with van der Waals surface area (Å²) >= 11 is 0. The average Bonchev–Trinajstić information content (AvgIpc) is 3.37. The average molecular weight is 469 g/mol. The van der Waals surface area contributed by atoms with Crippen molar-refractivity contribution < 1.29 is 9.47 Å². The highest BCUT2D eigenvalue weighted by molar-refractivity contribution is 5.90. The lowest BCUT2D eigenvalue weighted by Crippen LogP contribution is -2.35. The molecule has 0 unspecified atom stereocenters. The molecule has 1 atom stereocenters. The summed E-state index contributed by atoms with van der Waals surface area (Å²) in [7, 11) is 3.77. The van der Waals surface area contributed by atoms with Gasteiger partial charge in [0, 0.05) is 42.2 Å². The van der Waals surface area contributed by atoms with E-state index in [0.29, 0.717) is 30.1 Å². The Morgan fingerprint density at radius 1 is 1.17 bits per heavy atom. The number of hydrogen-bond donors (Lipinski definition) is 0. The van der Waals surface area contributed by atoms with Crippen LogP contribution in [0.4, 0.5) is 5.69 Å². The number of imidazole rings is 1. The van der Waals surface area contributed by atoms with Gasteiger partial charge in [-0.1, -0.05) is 24.3 Å². The Kier molecular flexibility index (Phi) is 6.34. The van der Waals surface area contributed by atoms with Crippen LogP contribution >= 0.6 is 0 Å². The van der Waals surface area contributed by atoms with Gasteiger partial charge in [0.05, 0.1) is 31.5 Å². The van der Waals surface area contributed by atoms with Crippen molar-refractivity contribution in [3.63, 3.8) is 0 Å². The molecule has 0 bridgehead atoms. The van der Waals surface area contributed by atoms with Gasteiger partial charge in [0.15, 0.2) is 11.3 Å². The van der Waals surface area contributed by atoms with E-state index in [9.17, 15) is 0 Å². The number of nitrogens with zero attached hydrogens (tertiary/aromatic N) is 6. The minimum Gasteiger partial charge on any atom is -0.481 e. The second kappa shape index (κ2) is 9.72. The molecule has 0 spiro atoms. The van der Waals surface area contributed by atoms with Gasteiger partial charge in [-0.2, -0.15) is 4.98 Å². The third-order valence-corrected chi connectivity index (χ3v) is 6.47. The first kappa shape index (κ1) is 22.8. The van der Waals surface area contributed by atoms with Crippen LogP contribution < -0.4 is 9.47 Å². The fourth-order valence-corrected chi connectivity index (χ4v) is 4.74. The number of piperidine rings is 1. The molecule has 3 aromatic heterocycles. The molecule has 4 heterocycles. The van der Waals surface area contributed by atoms with Crippen LogP contribution in [0.1, 0.15) is 18.4 Å². The fourth-order valence-electron chi connectivity index (χ4n) is 4.74. The molecule has 1 aromatic carbocycles. The molecule has 5 rings (SSSR count). The molecule has 178 valence electrons. The molecular weight excluding hydrogens is 440 g/mol. The lowest BCUT2D eigenvalue weighted by atomic mass is 9.99. The minimum atomic E-state index is 0.462. The maximum Gasteiger partial charge on any atom is 0.302 e. The summed E-state index contributed by atoms with van der Waals surface area (Å²) in [5.74, 6) is 1.05. The van der Waals surface area contributed by atoms with Crippen LogP contribution in [-0.2, 0) is 0 Å². The highest BCUT2D eigenvalue weighted by Crippen LogP contribution is 2.37. The topological polar surface area (TPSA) is 69.1 Å². The molecule has 0 saturated carbocycles. The van der Waals surface area contributed by atoms with Gasteiger partial charge in [0.1, 0.15) is 0 Å². The number of ether oxygens (including phenoxy) is 2. The predicted molar refractivity (Wildman–Crippen MR) is 135 cm³/mol. The van der Waals surface area contributed by atoms with Gasteiger partial charge in [0.25, 0.3) is 0 Å². The van der Waals surface area contributed by atoms with Crippen molar-refractivity contribution in [3.05, 3.63) is 65.9 Å². The zero-order chi connectivity index (χ0) is 24.4. The monoisotopic (exact) mass is 468 g/mol. The van der Waals surface area contributed by atoms with Gasteiger partial charge in [-0.3, -0.25) is 4.40 Å². The van der Waals surface area contributed by atoms with E-state index in [0.717, 1.165) is 53.1 Å².